The molecule has 0 unspecified atom stereocenters. The number of hydrogen-bond acceptors (Lipinski definition) is 5. The number of halogens is 2. The van der Waals surface area contributed by atoms with E-state index in [1.54, 1.807) is 19.4 Å². The second-order valence-electron chi connectivity index (χ2n) is 4.78. The molecule has 0 fully saturated rings. The zero-order valence-electron chi connectivity index (χ0n) is 12.7. The molecule has 0 saturated heterocycles. The quantitative estimate of drug-likeness (QED) is 0.466. The van der Waals surface area contributed by atoms with Crippen LogP contribution in [0.15, 0.2) is 52.9 Å². The van der Waals surface area contributed by atoms with Gasteiger partial charge in [0.2, 0.25) is 5.13 Å². The van der Waals surface area contributed by atoms with Crippen LogP contribution >= 0.6 is 34.5 Å². The summed E-state index contributed by atoms with van der Waals surface area (Å²) in [5.74, 6) is 0.795. The van der Waals surface area contributed by atoms with Gasteiger partial charge >= 0.3 is 0 Å². The van der Waals surface area contributed by atoms with Gasteiger partial charge in [-0.25, -0.2) is 4.98 Å². The number of benzene rings is 2. The molecule has 24 heavy (non-hydrogen) atoms. The molecular weight excluding hydrogens is 365 g/mol. The number of aromatic nitrogens is 1. The van der Waals surface area contributed by atoms with Crippen LogP contribution in [-0.4, -0.2) is 18.3 Å². The molecule has 122 valence electrons. The molecule has 1 aromatic heterocycles. The first-order chi connectivity index (χ1) is 11.7. The normalized spacial score (nSPS) is 11.0. The van der Waals surface area contributed by atoms with Crippen LogP contribution in [0.3, 0.4) is 0 Å². The highest BCUT2D eigenvalue weighted by molar-refractivity contribution is 7.14. The molecule has 4 nitrogen and oxygen atoms in total. The van der Waals surface area contributed by atoms with Crippen molar-refractivity contribution in [1.82, 2.24) is 4.98 Å². The molecule has 0 aliphatic heterocycles. The van der Waals surface area contributed by atoms with Crippen LogP contribution in [0.25, 0.3) is 11.3 Å². The molecule has 0 amide bonds. The van der Waals surface area contributed by atoms with Crippen LogP contribution in [0.5, 0.6) is 5.75 Å². The van der Waals surface area contributed by atoms with E-state index < -0.39 is 0 Å². The summed E-state index contributed by atoms with van der Waals surface area (Å²) >= 11 is 13.5. The molecule has 3 rings (SSSR count). The van der Waals surface area contributed by atoms with Gasteiger partial charge in [-0.05, 0) is 18.2 Å². The van der Waals surface area contributed by atoms with Gasteiger partial charge in [-0.3, -0.25) is 5.43 Å². The zero-order chi connectivity index (χ0) is 16.9. The maximum Gasteiger partial charge on any atom is 0.203 e. The predicted octanol–water partition coefficient (Wildman–Crippen LogP) is 5.57. The summed E-state index contributed by atoms with van der Waals surface area (Å²) in [6.45, 7) is 0. The number of ether oxygens (including phenoxy) is 1. The van der Waals surface area contributed by atoms with Crippen molar-refractivity contribution in [1.29, 1.82) is 0 Å². The van der Waals surface area contributed by atoms with Crippen molar-refractivity contribution in [2.75, 3.05) is 12.5 Å². The molecule has 0 aliphatic rings. The summed E-state index contributed by atoms with van der Waals surface area (Å²) in [7, 11) is 1.64. The molecule has 3 aromatic rings. The fraction of sp³-hybridized carbons (Fsp3) is 0.0588. The van der Waals surface area contributed by atoms with Crippen molar-refractivity contribution < 1.29 is 4.74 Å². The maximum absolute atomic E-state index is 6.11. The number of rotatable bonds is 5. The number of hydrogen-bond donors (Lipinski definition) is 1. The van der Waals surface area contributed by atoms with E-state index in [0.29, 0.717) is 15.2 Å². The highest BCUT2D eigenvalue weighted by atomic mass is 35.5. The Morgan fingerprint density at radius 1 is 1.21 bits per heavy atom. The van der Waals surface area contributed by atoms with E-state index in [0.717, 1.165) is 22.6 Å². The number of thiazole rings is 1. The molecule has 0 bridgehead atoms. The number of nitrogens with one attached hydrogen (secondary N) is 1. The minimum Gasteiger partial charge on any atom is -0.497 e. The monoisotopic (exact) mass is 377 g/mol. The number of anilines is 1. The van der Waals surface area contributed by atoms with Gasteiger partial charge in [0, 0.05) is 16.5 Å². The zero-order valence-corrected chi connectivity index (χ0v) is 15.0. The molecule has 0 saturated carbocycles. The highest BCUT2D eigenvalue weighted by Crippen LogP contribution is 2.28. The third-order valence-corrected chi connectivity index (χ3v) is 4.80. The minimum atomic E-state index is 0.473. The van der Waals surface area contributed by atoms with Gasteiger partial charge in [-0.2, -0.15) is 5.10 Å². The third-order valence-electron chi connectivity index (χ3n) is 3.21. The van der Waals surface area contributed by atoms with E-state index in [1.807, 2.05) is 41.8 Å². The molecule has 1 heterocycles. The van der Waals surface area contributed by atoms with Gasteiger partial charge in [0.15, 0.2) is 0 Å². The van der Waals surface area contributed by atoms with Crippen molar-refractivity contribution in [2.45, 2.75) is 0 Å². The van der Waals surface area contributed by atoms with E-state index in [2.05, 4.69) is 15.5 Å². The Kier molecular flexibility index (Phi) is 5.35. The number of hydrazone groups is 1. The van der Waals surface area contributed by atoms with Crippen molar-refractivity contribution in [3.63, 3.8) is 0 Å². The Hall–Kier alpha value is -2.08. The molecule has 0 aliphatic carbocycles. The van der Waals surface area contributed by atoms with Gasteiger partial charge < -0.3 is 4.74 Å². The van der Waals surface area contributed by atoms with Gasteiger partial charge in [0.05, 0.1) is 29.1 Å². The highest BCUT2D eigenvalue weighted by Gasteiger charge is 2.05. The summed E-state index contributed by atoms with van der Waals surface area (Å²) in [4.78, 5) is 4.51. The van der Waals surface area contributed by atoms with Crippen molar-refractivity contribution in [2.24, 2.45) is 5.10 Å². The average molecular weight is 378 g/mol. The second kappa shape index (κ2) is 7.66. The molecule has 1 N–H and O–H groups in total. The minimum absolute atomic E-state index is 0.473. The summed E-state index contributed by atoms with van der Waals surface area (Å²) in [6.07, 6.45) is 1.61. The standard InChI is InChI=1S/C17H13Cl2N3OS/c1-23-13-6-2-4-11(8-13)15-10-24-17(21-15)22-20-9-12-5-3-7-14(18)16(12)19/h2-10H,1H3,(H,21,22)/b20-9-. The Bertz CT molecular complexity index is 880. The lowest BCUT2D eigenvalue weighted by atomic mass is 10.2. The van der Waals surface area contributed by atoms with E-state index in [-0.39, 0.29) is 0 Å². The molecule has 0 spiro atoms. The fourth-order valence-electron chi connectivity index (χ4n) is 2.02. The first-order valence-corrected chi connectivity index (χ1v) is 8.64. The fourth-order valence-corrected chi connectivity index (χ4v) is 3.04. The molecule has 2 aromatic carbocycles. The van der Waals surface area contributed by atoms with Crippen LogP contribution in [0.1, 0.15) is 5.56 Å². The van der Waals surface area contributed by atoms with Crippen LogP contribution < -0.4 is 10.2 Å². The summed E-state index contributed by atoms with van der Waals surface area (Å²) in [5.41, 5.74) is 5.48. The van der Waals surface area contributed by atoms with Crippen molar-refractivity contribution in [3.05, 3.63) is 63.5 Å². The average Bonchev–Trinajstić information content (AvgIpc) is 3.08. The lowest BCUT2D eigenvalue weighted by molar-refractivity contribution is 0.415. The smallest absolute Gasteiger partial charge is 0.203 e. The van der Waals surface area contributed by atoms with E-state index in [9.17, 15) is 0 Å². The largest absolute Gasteiger partial charge is 0.497 e. The first kappa shape index (κ1) is 16.8. The Labute approximate surface area is 153 Å². The lowest BCUT2D eigenvalue weighted by Crippen LogP contribution is -1.91. The Morgan fingerprint density at radius 2 is 2.04 bits per heavy atom. The van der Waals surface area contributed by atoms with Crippen LogP contribution in [0.2, 0.25) is 10.0 Å². The van der Waals surface area contributed by atoms with E-state index in [1.165, 1.54) is 11.3 Å². The number of methoxy groups -OCH3 is 1. The van der Waals surface area contributed by atoms with Crippen LogP contribution in [-0.2, 0) is 0 Å². The third kappa shape index (κ3) is 3.87. The maximum atomic E-state index is 6.11. The molecule has 7 heteroatoms. The Morgan fingerprint density at radius 3 is 2.88 bits per heavy atom. The molecule has 0 atom stereocenters. The molecular formula is C17H13Cl2N3OS. The summed E-state index contributed by atoms with van der Waals surface area (Å²) in [5, 5.41) is 7.77. The lowest BCUT2D eigenvalue weighted by Gasteiger charge is -2.01. The number of nitrogens with zero attached hydrogens (tertiary/aromatic N) is 2. The summed E-state index contributed by atoms with van der Waals surface area (Å²) < 4.78 is 5.23. The Balaban J connectivity index is 1.72. The van der Waals surface area contributed by atoms with Crippen LogP contribution in [0.4, 0.5) is 5.13 Å². The van der Waals surface area contributed by atoms with E-state index in [4.69, 9.17) is 27.9 Å². The van der Waals surface area contributed by atoms with Crippen LogP contribution in [0, 0.1) is 0 Å². The second-order valence-corrected chi connectivity index (χ2v) is 6.43. The van der Waals surface area contributed by atoms with Gasteiger partial charge in [-0.1, -0.05) is 47.5 Å². The van der Waals surface area contributed by atoms with Crippen molar-refractivity contribution in [3.8, 4) is 17.0 Å². The first-order valence-electron chi connectivity index (χ1n) is 7.00. The van der Waals surface area contributed by atoms with Gasteiger partial charge in [0.1, 0.15) is 5.75 Å². The SMILES string of the molecule is COc1cccc(-c2csc(N/N=C\c3cccc(Cl)c3Cl)n2)c1. The summed E-state index contributed by atoms with van der Waals surface area (Å²) in [6, 6.07) is 13.1. The topological polar surface area (TPSA) is 46.5 Å². The predicted molar refractivity (Wildman–Crippen MR) is 102 cm³/mol. The molecule has 0 radical (unpaired) electrons. The van der Waals surface area contributed by atoms with Crippen molar-refractivity contribution >= 4 is 45.9 Å². The van der Waals surface area contributed by atoms with Gasteiger partial charge in [-0.15, -0.1) is 11.3 Å². The van der Waals surface area contributed by atoms with E-state index >= 15 is 0 Å². The van der Waals surface area contributed by atoms with Gasteiger partial charge in [0.25, 0.3) is 0 Å².